The first-order valence-electron chi connectivity index (χ1n) is 8.88. The highest BCUT2D eigenvalue weighted by Crippen LogP contribution is 2.29. The largest absolute Gasteiger partial charge is 0.490 e. The summed E-state index contributed by atoms with van der Waals surface area (Å²) < 4.78 is 11.4. The van der Waals surface area contributed by atoms with Crippen LogP contribution >= 0.6 is 0 Å². The molecule has 0 fully saturated rings. The van der Waals surface area contributed by atoms with Crippen molar-refractivity contribution >= 4 is 11.6 Å². The Labute approximate surface area is 146 Å². The van der Waals surface area contributed by atoms with Crippen LogP contribution in [0.5, 0.6) is 5.75 Å². The summed E-state index contributed by atoms with van der Waals surface area (Å²) in [5, 5.41) is 3.00. The van der Waals surface area contributed by atoms with E-state index < -0.39 is 5.60 Å². The molecule has 1 aromatic carbocycles. The molecular weight excluding hydrogens is 302 g/mol. The van der Waals surface area contributed by atoms with Crippen molar-refractivity contribution in [3.63, 3.8) is 0 Å². The molecule has 4 heteroatoms. The minimum atomic E-state index is -0.802. The Morgan fingerprint density at radius 1 is 1.21 bits per heavy atom. The number of hydrogen-bond donors (Lipinski definition) is 1. The van der Waals surface area contributed by atoms with E-state index in [9.17, 15) is 4.79 Å². The highest BCUT2D eigenvalue weighted by atomic mass is 16.5. The molecule has 1 aromatic rings. The summed E-state index contributed by atoms with van der Waals surface area (Å²) in [6.07, 6.45) is 4.05. The van der Waals surface area contributed by atoms with Crippen LogP contribution in [-0.4, -0.2) is 24.7 Å². The fraction of sp³-hybridized carbons (Fsp3) is 0.650. The molecule has 4 nitrogen and oxygen atoms in total. The number of rotatable bonds is 9. The number of methoxy groups -OCH3 is 1. The van der Waals surface area contributed by atoms with Gasteiger partial charge in [0.05, 0.1) is 6.10 Å². The average molecular weight is 335 g/mol. The van der Waals surface area contributed by atoms with Gasteiger partial charge in [-0.3, -0.25) is 4.79 Å². The lowest BCUT2D eigenvalue weighted by molar-refractivity contribution is -0.136. The van der Waals surface area contributed by atoms with Crippen LogP contribution in [0.3, 0.4) is 0 Å². The molecule has 0 unspecified atom stereocenters. The molecule has 1 atom stereocenters. The highest BCUT2D eigenvalue weighted by Gasteiger charge is 2.32. The van der Waals surface area contributed by atoms with E-state index in [-0.39, 0.29) is 12.0 Å². The van der Waals surface area contributed by atoms with Crippen LogP contribution < -0.4 is 10.1 Å². The van der Waals surface area contributed by atoms with Gasteiger partial charge in [-0.1, -0.05) is 26.2 Å². The lowest BCUT2D eigenvalue weighted by Gasteiger charge is -2.27. The van der Waals surface area contributed by atoms with Crippen LogP contribution in [0.4, 0.5) is 5.69 Å². The smallest absolute Gasteiger partial charge is 0.256 e. The van der Waals surface area contributed by atoms with Crippen LogP contribution in [0.1, 0.15) is 64.5 Å². The van der Waals surface area contributed by atoms with Gasteiger partial charge in [0, 0.05) is 12.8 Å². The Morgan fingerprint density at radius 2 is 1.79 bits per heavy atom. The first kappa shape index (κ1) is 20.5. The third-order valence-electron chi connectivity index (χ3n) is 4.26. The van der Waals surface area contributed by atoms with E-state index in [0.29, 0.717) is 0 Å². The molecule has 0 aromatic heterocycles. The molecule has 0 saturated heterocycles. The average Bonchev–Trinajstić information content (AvgIpc) is 2.50. The SMILES string of the molecule is CCCCC[C@](C)(OC)C(=O)Nc1cc(C)c(OC(C)C)c(C)c1. The van der Waals surface area contributed by atoms with E-state index in [0.717, 1.165) is 48.2 Å². The zero-order valence-electron chi connectivity index (χ0n) is 16.3. The van der Waals surface area contributed by atoms with Crippen LogP contribution in [0.15, 0.2) is 12.1 Å². The maximum Gasteiger partial charge on any atom is 0.256 e. The van der Waals surface area contributed by atoms with Gasteiger partial charge in [0.25, 0.3) is 5.91 Å². The molecule has 0 spiro atoms. The van der Waals surface area contributed by atoms with Crippen molar-refractivity contribution in [2.24, 2.45) is 0 Å². The highest BCUT2D eigenvalue weighted by molar-refractivity contribution is 5.97. The Kier molecular flexibility index (Phi) is 7.74. The van der Waals surface area contributed by atoms with Gasteiger partial charge in [-0.15, -0.1) is 0 Å². The zero-order chi connectivity index (χ0) is 18.3. The molecule has 0 radical (unpaired) electrons. The van der Waals surface area contributed by atoms with Gasteiger partial charge >= 0.3 is 0 Å². The summed E-state index contributed by atoms with van der Waals surface area (Å²) >= 11 is 0. The Bertz CT molecular complexity index is 531. The molecular formula is C20H33NO3. The number of carbonyl (C=O) groups is 1. The lowest BCUT2D eigenvalue weighted by atomic mass is 9.96. The fourth-order valence-corrected chi connectivity index (χ4v) is 2.73. The number of carbonyl (C=O) groups excluding carboxylic acids is 1. The fourth-order valence-electron chi connectivity index (χ4n) is 2.73. The molecule has 0 aliphatic heterocycles. The Morgan fingerprint density at radius 3 is 2.25 bits per heavy atom. The summed E-state index contributed by atoms with van der Waals surface area (Å²) in [4.78, 5) is 12.7. The predicted octanol–water partition coefficient (Wildman–Crippen LogP) is 5.01. The number of anilines is 1. The first-order valence-corrected chi connectivity index (χ1v) is 8.88. The van der Waals surface area contributed by atoms with Gasteiger partial charge < -0.3 is 14.8 Å². The third kappa shape index (κ3) is 5.52. The predicted molar refractivity (Wildman–Crippen MR) is 99.9 cm³/mol. The van der Waals surface area contributed by atoms with Crippen molar-refractivity contribution in [1.29, 1.82) is 0 Å². The molecule has 0 aliphatic rings. The zero-order valence-corrected chi connectivity index (χ0v) is 16.3. The number of nitrogens with one attached hydrogen (secondary N) is 1. The van der Waals surface area contributed by atoms with Gasteiger partial charge in [0.1, 0.15) is 11.4 Å². The van der Waals surface area contributed by atoms with Crippen molar-refractivity contribution < 1.29 is 14.3 Å². The molecule has 136 valence electrons. The van der Waals surface area contributed by atoms with Crippen molar-refractivity contribution in [3.05, 3.63) is 23.3 Å². The Balaban J connectivity index is 2.89. The topological polar surface area (TPSA) is 47.6 Å². The van der Waals surface area contributed by atoms with Gasteiger partial charge in [-0.2, -0.15) is 0 Å². The third-order valence-corrected chi connectivity index (χ3v) is 4.26. The van der Waals surface area contributed by atoms with E-state index in [1.54, 1.807) is 7.11 Å². The summed E-state index contributed by atoms with van der Waals surface area (Å²) in [6.45, 7) is 12.0. The van der Waals surface area contributed by atoms with E-state index in [1.165, 1.54) is 0 Å². The summed E-state index contributed by atoms with van der Waals surface area (Å²) in [7, 11) is 1.60. The molecule has 1 rings (SSSR count). The van der Waals surface area contributed by atoms with Gasteiger partial charge in [-0.25, -0.2) is 0 Å². The lowest BCUT2D eigenvalue weighted by Crippen LogP contribution is -2.42. The van der Waals surface area contributed by atoms with Gasteiger partial charge in [-0.05, 0) is 64.3 Å². The molecule has 0 saturated carbocycles. The maximum atomic E-state index is 12.7. The first-order chi connectivity index (χ1) is 11.2. The minimum Gasteiger partial charge on any atom is -0.490 e. The van der Waals surface area contributed by atoms with Crippen LogP contribution in [0, 0.1) is 13.8 Å². The minimum absolute atomic E-state index is 0.0996. The normalized spacial score (nSPS) is 13.7. The van der Waals surface area contributed by atoms with E-state index in [2.05, 4.69) is 12.2 Å². The van der Waals surface area contributed by atoms with Crippen molar-refractivity contribution in [2.75, 3.05) is 12.4 Å². The van der Waals surface area contributed by atoms with Gasteiger partial charge in [0.15, 0.2) is 0 Å². The van der Waals surface area contributed by atoms with E-state index in [4.69, 9.17) is 9.47 Å². The van der Waals surface area contributed by atoms with Crippen molar-refractivity contribution in [2.45, 2.75) is 78.9 Å². The molecule has 24 heavy (non-hydrogen) atoms. The maximum absolute atomic E-state index is 12.7. The molecule has 0 heterocycles. The number of ether oxygens (including phenoxy) is 2. The van der Waals surface area contributed by atoms with Crippen LogP contribution in [-0.2, 0) is 9.53 Å². The Hall–Kier alpha value is -1.55. The molecule has 1 amide bonds. The number of hydrogen-bond acceptors (Lipinski definition) is 3. The summed E-state index contributed by atoms with van der Waals surface area (Å²) in [5.41, 5.74) is 2.02. The van der Waals surface area contributed by atoms with Crippen LogP contribution in [0.25, 0.3) is 0 Å². The molecule has 0 aliphatic carbocycles. The van der Waals surface area contributed by atoms with Gasteiger partial charge in [0.2, 0.25) is 0 Å². The summed E-state index contributed by atoms with van der Waals surface area (Å²) in [5.74, 6) is 0.790. The number of unbranched alkanes of at least 4 members (excludes halogenated alkanes) is 2. The van der Waals surface area contributed by atoms with E-state index >= 15 is 0 Å². The second-order valence-electron chi connectivity index (χ2n) is 6.95. The van der Waals surface area contributed by atoms with Crippen molar-refractivity contribution in [3.8, 4) is 5.75 Å². The number of amides is 1. The van der Waals surface area contributed by atoms with Crippen LogP contribution in [0.2, 0.25) is 0 Å². The quantitative estimate of drug-likeness (QED) is 0.645. The molecule has 0 bridgehead atoms. The molecule has 1 N–H and O–H groups in total. The second kappa shape index (κ2) is 9.07. The van der Waals surface area contributed by atoms with Crippen molar-refractivity contribution in [1.82, 2.24) is 0 Å². The van der Waals surface area contributed by atoms with E-state index in [1.807, 2.05) is 46.8 Å². The second-order valence-corrected chi connectivity index (χ2v) is 6.95. The monoisotopic (exact) mass is 335 g/mol. The summed E-state index contributed by atoms with van der Waals surface area (Å²) in [6, 6.07) is 3.90. The standard InChI is InChI=1S/C20H33NO3/c1-8-9-10-11-20(6,23-7)19(22)21-17-12-15(4)18(16(5)13-17)24-14(2)3/h12-14H,8-11H2,1-7H3,(H,21,22)/t20-/m0/s1. The number of benzene rings is 1. The number of aryl methyl sites for hydroxylation is 2.